The molecule has 1 aliphatic heterocycles. The van der Waals surface area contributed by atoms with Gasteiger partial charge in [0.05, 0.1) is 12.2 Å². The largest absolute Gasteiger partial charge is 0.507 e. The number of allylic oxidation sites excluding steroid dienone is 1. The van der Waals surface area contributed by atoms with Crippen molar-refractivity contribution in [2.45, 2.75) is 0 Å². The second-order valence-corrected chi connectivity index (χ2v) is 1.54. The first-order chi connectivity index (χ1) is 3.80. The second kappa shape index (κ2) is 2.11. The lowest BCUT2D eigenvalue weighted by atomic mass is 9.84. The van der Waals surface area contributed by atoms with Gasteiger partial charge < -0.3 is 10.0 Å². The SMILES string of the molecule is OB(O)C1=NCC=C1. The molecule has 0 bridgehead atoms. The minimum absolute atomic E-state index is 0.352. The Bertz CT molecular complexity index is 141. The molecular formula is C4H6BNO2. The van der Waals surface area contributed by atoms with Crippen LogP contribution < -0.4 is 0 Å². The van der Waals surface area contributed by atoms with Crippen molar-refractivity contribution >= 4 is 12.7 Å². The zero-order valence-corrected chi connectivity index (χ0v) is 4.28. The van der Waals surface area contributed by atoms with Crippen molar-refractivity contribution in [2.24, 2.45) is 4.99 Å². The Morgan fingerprint density at radius 3 is 2.62 bits per heavy atom. The van der Waals surface area contributed by atoms with Gasteiger partial charge in [0.1, 0.15) is 0 Å². The topological polar surface area (TPSA) is 52.8 Å². The molecule has 3 nitrogen and oxygen atoms in total. The molecule has 1 heterocycles. The summed E-state index contributed by atoms with van der Waals surface area (Å²) in [5.41, 5.74) is 0.352. The standard InChI is InChI=1S/C4H6BNO2/c7-5(8)4-2-1-3-6-4/h1-2,7-8H,3H2. The summed E-state index contributed by atoms with van der Waals surface area (Å²) in [6.45, 7) is 0.576. The van der Waals surface area contributed by atoms with Crippen molar-refractivity contribution in [3.63, 3.8) is 0 Å². The van der Waals surface area contributed by atoms with Crippen LogP contribution >= 0.6 is 0 Å². The van der Waals surface area contributed by atoms with Gasteiger partial charge in [-0.3, -0.25) is 4.99 Å². The Morgan fingerprint density at radius 2 is 2.38 bits per heavy atom. The van der Waals surface area contributed by atoms with E-state index in [0.29, 0.717) is 12.2 Å². The molecule has 1 rings (SSSR count). The monoisotopic (exact) mass is 111 g/mol. The first-order valence-electron chi connectivity index (χ1n) is 2.38. The van der Waals surface area contributed by atoms with Crippen LogP contribution in [-0.2, 0) is 0 Å². The predicted molar refractivity (Wildman–Crippen MR) is 31.6 cm³/mol. The van der Waals surface area contributed by atoms with Crippen LogP contribution in [0.15, 0.2) is 17.1 Å². The van der Waals surface area contributed by atoms with Crippen molar-refractivity contribution < 1.29 is 10.0 Å². The Kier molecular flexibility index (Phi) is 1.46. The van der Waals surface area contributed by atoms with Gasteiger partial charge in [0, 0.05) is 0 Å². The molecular weight excluding hydrogens is 105 g/mol. The Hall–Kier alpha value is -0.605. The molecule has 0 spiro atoms. The lowest BCUT2D eigenvalue weighted by molar-refractivity contribution is 0.430. The van der Waals surface area contributed by atoms with Crippen LogP contribution in [0.3, 0.4) is 0 Å². The van der Waals surface area contributed by atoms with Gasteiger partial charge in [-0.05, 0) is 6.08 Å². The molecule has 0 radical (unpaired) electrons. The molecule has 2 N–H and O–H groups in total. The van der Waals surface area contributed by atoms with Gasteiger partial charge >= 0.3 is 7.12 Å². The Morgan fingerprint density at radius 1 is 1.62 bits per heavy atom. The minimum Gasteiger partial charge on any atom is -0.422 e. The van der Waals surface area contributed by atoms with Crippen LogP contribution in [0.1, 0.15) is 0 Å². The maximum Gasteiger partial charge on any atom is 0.507 e. The molecule has 0 aromatic carbocycles. The molecule has 0 aromatic rings. The molecule has 0 saturated heterocycles. The maximum absolute atomic E-state index is 8.43. The molecule has 0 aliphatic carbocycles. The quantitative estimate of drug-likeness (QED) is 0.426. The molecule has 0 aromatic heterocycles. The average molecular weight is 111 g/mol. The van der Waals surface area contributed by atoms with Gasteiger partial charge in [0.25, 0.3) is 0 Å². The number of hydrogen-bond acceptors (Lipinski definition) is 3. The van der Waals surface area contributed by atoms with E-state index in [2.05, 4.69) is 4.99 Å². The smallest absolute Gasteiger partial charge is 0.422 e. The Labute approximate surface area is 47.5 Å². The highest BCUT2D eigenvalue weighted by atomic mass is 16.4. The highest BCUT2D eigenvalue weighted by Crippen LogP contribution is 1.93. The molecule has 0 fully saturated rings. The van der Waals surface area contributed by atoms with Crippen molar-refractivity contribution in [1.82, 2.24) is 0 Å². The molecule has 42 valence electrons. The molecule has 8 heavy (non-hydrogen) atoms. The summed E-state index contributed by atoms with van der Waals surface area (Å²) in [5.74, 6) is 0. The zero-order valence-electron chi connectivity index (χ0n) is 4.28. The molecule has 0 saturated carbocycles. The molecule has 0 amide bonds. The van der Waals surface area contributed by atoms with Crippen LogP contribution in [0, 0.1) is 0 Å². The van der Waals surface area contributed by atoms with Crippen LogP contribution in [0.25, 0.3) is 0 Å². The van der Waals surface area contributed by atoms with Crippen molar-refractivity contribution in [2.75, 3.05) is 6.54 Å². The van der Waals surface area contributed by atoms with Crippen molar-refractivity contribution in [3.05, 3.63) is 12.2 Å². The average Bonchev–Trinajstić information content (AvgIpc) is 2.12. The van der Waals surface area contributed by atoms with E-state index in [4.69, 9.17) is 10.0 Å². The first kappa shape index (κ1) is 5.53. The fourth-order valence-electron chi connectivity index (χ4n) is 0.552. The predicted octanol–water partition coefficient (Wildman–Crippen LogP) is -0.991. The highest BCUT2D eigenvalue weighted by molar-refractivity contribution is 6.82. The van der Waals surface area contributed by atoms with E-state index >= 15 is 0 Å². The lowest BCUT2D eigenvalue weighted by Crippen LogP contribution is -2.22. The van der Waals surface area contributed by atoms with Gasteiger partial charge in [-0.1, -0.05) is 6.08 Å². The van der Waals surface area contributed by atoms with E-state index in [-0.39, 0.29) is 0 Å². The fourth-order valence-corrected chi connectivity index (χ4v) is 0.552. The summed E-state index contributed by atoms with van der Waals surface area (Å²) < 4.78 is 0. The number of rotatable bonds is 1. The summed E-state index contributed by atoms with van der Waals surface area (Å²) in [6, 6.07) is 0. The molecule has 0 atom stereocenters. The van der Waals surface area contributed by atoms with Crippen LogP contribution in [-0.4, -0.2) is 29.3 Å². The van der Waals surface area contributed by atoms with Crippen LogP contribution in [0.4, 0.5) is 0 Å². The van der Waals surface area contributed by atoms with Crippen molar-refractivity contribution in [1.29, 1.82) is 0 Å². The third-order valence-corrected chi connectivity index (χ3v) is 0.932. The summed E-state index contributed by atoms with van der Waals surface area (Å²) in [5, 5.41) is 16.9. The van der Waals surface area contributed by atoms with Crippen molar-refractivity contribution in [3.8, 4) is 0 Å². The van der Waals surface area contributed by atoms with Gasteiger partial charge in [0.2, 0.25) is 0 Å². The van der Waals surface area contributed by atoms with E-state index in [0.717, 1.165) is 0 Å². The van der Waals surface area contributed by atoms with E-state index in [1.54, 1.807) is 12.2 Å². The number of aliphatic imine (C=N–C) groups is 1. The maximum atomic E-state index is 8.43. The third-order valence-electron chi connectivity index (χ3n) is 0.932. The molecule has 1 aliphatic rings. The Balaban J connectivity index is 2.58. The van der Waals surface area contributed by atoms with Crippen LogP contribution in [0.5, 0.6) is 0 Å². The minimum atomic E-state index is -1.39. The van der Waals surface area contributed by atoms with Gasteiger partial charge in [0.15, 0.2) is 0 Å². The third kappa shape index (κ3) is 0.964. The second-order valence-electron chi connectivity index (χ2n) is 1.54. The van der Waals surface area contributed by atoms with E-state index in [9.17, 15) is 0 Å². The van der Waals surface area contributed by atoms with Gasteiger partial charge in [-0.25, -0.2) is 0 Å². The normalized spacial score (nSPS) is 16.5. The number of hydrogen-bond donors (Lipinski definition) is 2. The fraction of sp³-hybridized carbons (Fsp3) is 0.250. The first-order valence-corrected chi connectivity index (χ1v) is 2.38. The molecule has 4 heteroatoms. The summed E-state index contributed by atoms with van der Waals surface area (Å²) >= 11 is 0. The van der Waals surface area contributed by atoms with E-state index < -0.39 is 7.12 Å². The highest BCUT2D eigenvalue weighted by Gasteiger charge is 2.14. The lowest BCUT2D eigenvalue weighted by Gasteiger charge is -1.89. The van der Waals surface area contributed by atoms with E-state index in [1.165, 1.54) is 0 Å². The summed E-state index contributed by atoms with van der Waals surface area (Å²) in [6.07, 6.45) is 3.37. The number of nitrogens with zero attached hydrogens (tertiary/aromatic N) is 1. The van der Waals surface area contributed by atoms with Gasteiger partial charge in [-0.15, -0.1) is 0 Å². The zero-order chi connectivity index (χ0) is 5.98. The summed E-state index contributed by atoms with van der Waals surface area (Å²) in [4.78, 5) is 3.74. The summed E-state index contributed by atoms with van der Waals surface area (Å²) in [7, 11) is -1.39. The molecule has 0 unspecified atom stereocenters. The van der Waals surface area contributed by atoms with Crippen LogP contribution in [0.2, 0.25) is 0 Å². The van der Waals surface area contributed by atoms with Gasteiger partial charge in [-0.2, -0.15) is 0 Å². The van der Waals surface area contributed by atoms with E-state index in [1.807, 2.05) is 0 Å².